The molecular weight excluding hydrogens is 263 g/mol. The number of hydrogen-bond acceptors (Lipinski definition) is 1. The van der Waals surface area contributed by atoms with Crippen LogP contribution in [0.25, 0.3) is 0 Å². The van der Waals surface area contributed by atoms with Crippen molar-refractivity contribution in [2.45, 2.75) is 57.5 Å². The van der Waals surface area contributed by atoms with Crippen molar-refractivity contribution in [3.05, 3.63) is 34.6 Å². The summed E-state index contributed by atoms with van der Waals surface area (Å²) in [5.41, 5.74) is 0.818. The van der Waals surface area contributed by atoms with Crippen LogP contribution in [0.2, 0.25) is 5.02 Å². The van der Waals surface area contributed by atoms with E-state index in [0.29, 0.717) is 6.42 Å². The molecule has 0 aliphatic heterocycles. The van der Waals surface area contributed by atoms with E-state index in [2.05, 4.69) is 0 Å². The highest BCUT2D eigenvalue weighted by molar-refractivity contribution is 6.30. The maximum atomic E-state index is 13.3. The molecule has 0 aromatic heterocycles. The lowest BCUT2D eigenvalue weighted by Gasteiger charge is -2.22. The SMILES string of the molecule is OC(CCC1CCCCC1)Cc1ccc(Cl)c(F)c1. The van der Waals surface area contributed by atoms with E-state index in [9.17, 15) is 9.50 Å². The van der Waals surface area contributed by atoms with Crippen LogP contribution in [0.15, 0.2) is 18.2 Å². The summed E-state index contributed by atoms with van der Waals surface area (Å²) in [6.45, 7) is 0. The third-order valence-corrected chi connectivity index (χ3v) is 4.39. The lowest BCUT2D eigenvalue weighted by molar-refractivity contribution is 0.149. The second kappa shape index (κ2) is 7.25. The fourth-order valence-electron chi connectivity index (χ4n) is 2.94. The number of benzene rings is 1. The Balaban J connectivity index is 1.76. The van der Waals surface area contributed by atoms with E-state index in [-0.39, 0.29) is 11.1 Å². The molecule has 0 heterocycles. The predicted molar refractivity (Wildman–Crippen MR) is 76.9 cm³/mol. The highest BCUT2D eigenvalue weighted by Crippen LogP contribution is 2.28. The molecule has 1 N–H and O–H groups in total. The van der Waals surface area contributed by atoms with Crippen LogP contribution in [0.3, 0.4) is 0 Å². The molecule has 0 amide bonds. The highest BCUT2D eigenvalue weighted by atomic mass is 35.5. The lowest BCUT2D eigenvalue weighted by Crippen LogP contribution is -2.14. The molecule has 1 nitrogen and oxygen atoms in total. The van der Waals surface area contributed by atoms with Gasteiger partial charge in [0.2, 0.25) is 0 Å². The second-order valence-corrected chi connectivity index (χ2v) is 6.09. The summed E-state index contributed by atoms with van der Waals surface area (Å²) < 4.78 is 13.3. The van der Waals surface area contributed by atoms with Gasteiger partial charge in [0.05, 0.1) is 11.1 Å². The van der Waals surface area contributed by atoms with Crippen molar-refractivity contribution in [1.82, 2.24) is 0 Å². The molecule has 1 unspecified atom stereocenters. The number of aliphatic hydroxyl groups is 1. The monoisotopic (exact) mass is 284 g/mol. The van der Waals surface area contributed by atoms with E-state index in [1.165, 1.54) is 38.2 Å². The van der Waals surface area contributed by atoms with Crippen LogP contribution in [0, 0.1) is 11.7 Å². The molecule has 2 rings (SSSR count). The summed E-state index contributed by atoms with van der Waals surface area (Å²) in [6, 6.07) is 4.77. The van der Waals surface area contributed by atoms with Crippen molar-refractivity contribution in [3.63, 3.8) is 0 Å². The van der Waals surface area contributed by atoms with Crippen molar-refractivity contribution in [2.24, 2.45) is 5.92 Å². The Morgan fingerprint density at radius 3 is 2.68 bits per heavy atom. The van der Waals surface area contributed by atoms with E-state index in [4.69, 9.17) is 11.6 Å². The van der Waals surface area contributed by atoms with Crippen molar-refractivity contribution in [3.8, 4) is 0 Å². The molecule has 0 spiro atoms. The summed E-state index contributed by atoms with van der Waals surface area (Å²) in [6.07, 6.45) is 8.70. The normalized spacial score (nSPS) is 18.5. The van der Waals surface area contributed by atoms with Gasteiger partial charge in [0.25, 0.3) is 0 Å². The molecule has 0 radical (unpaired) electrons. The van der Waals surface area contributed by atoms with Crippen molar-refractivity contribution >= 4 is 11.6 Å². The Labute approximate surface area is 119 Å². The first-order valence-electron chi connectivity index (χ1n) is 7.27. The van der Waals surface area contributed by atoms with Crippen molar-refractivity contribution in [2.75, 3.05) is 0 Å². The standard InChI is InChI=1S/C16H22ClFO/c17-15-9-7-13(11-16(15)18)10-14(19)8-6-12-4-2-1-3-5-12/h7,9,11-12,14,19H,1-6,8,10H2. The lowest BCUT2D eigenvalue weighted by atomic mass is 9.85. The molecule has 1 fully saturated rings. The molecule has 1 atom stereocenters. The minimum absolute atomic E-state index is 0.139. The Morgan fingerprint density at radius 2 is 2.00 bits per heavy atom. The van der Waals surface area contributed by atoms with Gasteiger partial charge < -0.3 is 5.11 Å². The van der Waals surface area contributed by atoms with Crippen LogP contribution in [-0.4, -0.2) is 11.2 Å². The molecule has 3 heteroatoms. The van der Waals surface area contributed by atoms with Crippen molar-refractivity contribution in [1.29, 1.82) is 0 Å². The highest BCUT2D eigenvalue weighted by Gasteiger charge is 2.15. The molecule has 19 heavy (non-hydrogen) atoms. The van der Waals surface area contributed by atoms with E-state index in [1.807, 2.05) is 0 Å². The zero-order chi connectivity index (χ0) is 13.7. The van der Waals surface area contributed by atoms with Gasteiger partial charge in [-0.15, -0.1) is 0 Å². The summed E-state index contributed by atoms with van der Waals surface area (Å²) in [5.74, 6) is 0.379. The first-order chi connectivity index (χ1) is 9.15. The van der Waals surface area contributed by atoms with E-state index < -0.39 is 5.82 Å². The topological polar surface area (TPSA) is 20.2 Å². The van der Waals surface area contributed by atoms with Gasteiger partial charge in [-0.1, -0.05) is 49.8 Å². The molecule has 0 bridgehead atoms. The summed E-state index contributed by atoms with van der Waals surface area (Å²) in [7, 11) is 0. The van der Waals surface area contributed by atoms with E-state index >= 15 is 0 Å². The van der Waals surface area contributed by atoms with Crippen LogP contribution in [0.4, 0.5) is 4.39 Å². The average molecular weight is 285 g/mol. The molecule has 106 valence electrons. The van der Waals surface area contributed by atoms with Gasteiger partial charge in [0.15, 0.2) is 0 Å². The number of halogens is 2. The van der Waals surface area contributed by atoms with Crippen LogP contribution in [0.5, 0.6) is 0 Å². The average Bonchev–Trinajstić information content (AvgIpc) is 2.42. The first-order valence-corrected chi connectivity index (χ1v) is 7.65. The molecule has 0 saturated heterocycles. The van der Waals surface area contributed by atoms with E-state index in [1.54, 1.807) is 12.1 Å². The van der Waals surface area contributed by atoms with Gasteiger partial charge in [-0.25, -0.2) is 4.39 Å². The Bertz CT molecular complexity index is 402. The third-order valence-electron chi connectivity index (χ3n) is 4.09. The third kappa shape index (κ3) is 4.77. The zero-order valence-corrected chi connectivity index (χ0v) is 12.0. The summed E-state index contributed by atoms with van der Waals surface area (Å²) in [5, 5.41) is 10.2. The summed E-state index contributed by atoms with van der Waals surface area (Å²) >= 11 is 5.64. The fraction of sp³-hybridized carbons (Fsp3) is 0.625. The predicted octanol–water partition coefficient (Wildman–Crippen LogP) is 4.74. The quantitative estimate of drug-likeness (QED) is 0.828. The first kappa shape index (κ1) is 14.8. The van der Waals surface area contributed by atoms with E-state index in [0.717, 1.165) is 24.3 Å². The van der Waals surface area contributed by atoms with Gasteiger partial charge in [-0.2, -0.15) is 0 Å². The Hall–Kier alpha value is -0.600. The Kier molecular flexibility index (Phi) is 5.65. The van der Waals surface area contributed by atoms with Crippen molar-refractivity contribution < 1.29 is 9.50 Å². The largest absolute Gasteiger partial charge is 0.393 e. The molecule has 1 aliphatic carbocycles. The smallest absolute Gasteiger partial charge is 0.142 e. The zero-order valence-electron chi connectivity index (χ0n) is 11.2. The molecule has 1 aliphatic rings. The minimum atomic E-state index is -0.404. The van der Waals surface area contributed by atoms with Gasteiger partial charge in [-0.3, -0.25) is 0 Å². The number of aliphatic hydroxyl groups excluding tert-OH is 1. The fourth-order valence-corrected chi connectivity index (χ4v) is 3.06. The molecular formula is C16H22ClFO. The van der Waals surface area contributed by atoms with Gasteiger partial charge in [0, 0.05) is 0 Å². The number of rotatable bonds is 5. The Morgan fingerprint density at radius 1 is 1.26 bits per heavy atom. The van der Waals surface area contributed by atoms with Crippen LogP contribution in [-0.2, 0) is 6.42 Å². The van der Waals surface area contributed by atoms with Crippen LogP contribution in [0.1, 0.15) is 50.5 Å². The second-order valence-electron chi connectivity index (χ2n) is 5.69. The van der Waals surface area contributed by atoms with Gasteiger partial charge in [-0.05, 0) is 42.9 Å². The van der Waals surface area contributed by atoms with Gasteiger partial charge >= 0.3 is 0 Å². The maximum Gasteiger partial charge on any atom is 0.142 e. The number of hydrogen-bond donors (Lipinski definition) is 1. The van der Waals surface area contributed by atoms with Gasteiger partial charge in [0.1, 0.15) is 5.82 Å². The summed E-state index contributed by atoms with van der Waals surface area (Å²) in [4.78, 5) is 0. The molecule has 1 aromatic rings. The molecule has 1 aromatic carbocycles. The minimum Gasteiger partial charge on any atom is -0.393 e. The molecule has 1 saturated carbocycles. The van der Waals surface area contributed by atoms with Crippen LogP contribution >= 0.6 is 11.6 Å². The maximum absolute atomic E-state index is 13.3. The van der Waals surface area contributed by atoms with Crippen LogP contribution < -0.4 is 0 Å².